The summed E-state index contributed by atoms with van der Waals surface area (Å²) in [4.78, 5) is 13.5. The summed E-state index contributed by atoms with van der Waals surface area (Å²) in [6.45, 7) is 5.75. The van der Waals surface area contributed by atoms with Crippen LogP contribution in [0.1, 0.15) is 26.7 Å². The molecule has 3 rings (SSSR count). The van der Waals surface area contributed by atoms with Crippen LogP contribution in [0.2, 0.25) is 0 Å². The van der Waals surface area contributed by atoms with Crippen molar-refractivity contribution >= 4 is 5.97 Å². The number of hydrogen-bond donors (Lipinski definition) is 2. The van der Waals surface area contributed by atoms with Crippen molar-refractivity contribution < 1.29 is 9.90 Å². The van der Waals surface area contributed by atoms with Crippen LogP contribution in [0.25, 0.3) is 0 Å². The molecule has 3 aliphatic rings. The zero-order valence-corrected chi connectivity index (χ0v) is 8.79. The Bertz CT molecular complexity index is 245. The van der Waals surface area contributed by atoms with Crippen molar-refractivity contribution in [3.63, 3.8) is 0 Å². The lowest BCUT2D eigenvalue weighted by Crippen LogP contribution is -2.72. The first kappa shape index (κ1) is 9.93. The first-order valence-corrected chi connectivity index (χ1v) is 5.29. The van der Waals surface area contributed by atoms with Crippen molar-refractivity contribution in [3.8, 4) is 0 Å². The molecule has 4 heteroatoms. The van der Waals surface area contributed by atoms with E-state index in [4.69, 9.17) is 0 Å². The van der Waals surface area contributed by atoms with E-state index in [0.29, 0.717) is 18.6 Å². The number of hydrogen-bond acceptors (Lipinski definition) is 3. The molecule has 2 bridgehead atoms. The monoisotopic (exact) mass is 198 g/mol. The van der Waals surface area contributed by atoms with E-state index >= 15 is 0 Å². The summed E-state index contributed by atoms with van der Waals surface area (Å²) in [5.41, 5.74) is -0.668. The second-order valence-electron chi connectivity index (χ2n) is 4.73. The molecule has 2 N–H and O–H groups in total. The van der Waals surface area contributed by atoms with Gasteiger partial charge in [-0.1, -0.05) is 0 Å². The molecule has 80 valence electrons. The lowest BCUT2D eigenvalue weighted by Gasteiger charge is -2.52. The van der Waals surface area contributed by atoms with Crippen LogP contribution in [0, 0.1) is 0 Å². The maximum atomic E-state index is 11.2. The maximum absolute atomic E-state index is 11.2. The number of carboxylic acids is 1. The van der Waals surface area contributed by atoms with E-state index in [9.17, 15) is 9.90 Å². The van der Waals surface area contributed by atoms with Crippen LogP contribution in [0.3, 0.4) is 0 Å². The second kappa shape index (κ2) is 3.21. The minimum atomic E-state index is -0.693. The van der Waals surface area contributed by atoms with E-state index in [1.807, 2.05) is 0 Å². The fourth-order valence-corrected chi connectivity index (χ4v) is 2.63. The minimum Gasteiger partial charge on any atom is -0.480 e. The molecule has 0 radical (unpaired) electrons. The van der Waals surface area contributed by atoms with Gasteiger partial charge < -0.3 is 5.11 Å². The highest BCUT2D eigenvalue weighted by atomic mass is 16.4. The molecule has 2 unspecified atom stereocenters. The summed E-state index contributed by atoms with van der Waals surface area (Å²) in [6, 6.07) is 0.984. The molecular weight excluding hydrogens is 180 g/mol. The summed E-state index contributed by atoms with van der Waals surface area (Å²) in [6.07, 6.45) is 1.79. The molecule has 0 aromatic carbocycles. The Morgan fingerprint density at radius 2 is 2.36 bits per heavy atom. The Kier molecular flexibility index (Phi) is 2.27. The number of aliphatic carboxylic acids is 1. The second-order valence-corrected chi connectivity index (χ2v) is 4.73. The number of nitrogens with one attached hydrogen (secondary N) is 1. The number of carboxylic acid groups (broad SMARTS) is 1. The Morgan fingerprint density at radius 1 is 1.64 bits per heavy atom. The molecule has 0 aliphatic carbocycles. The number of piperazine rings is 1. The summed E-state index contributed by atoms with van der Waals surface area (Å²) in [5.74, 6) is -0.693. The van der Waals surface area contributed by atoms with Gasteiger partial charge in [-0.15, -0.1) is 0 Å². The van der Waals surface area contributed by atoms with Gasteiger partial charge in [-0.3, -0.25) is 15.0 Å². The lowest BCUT2D eigenvalue weighted by atomic mass is 9.80. The quantitative estimate of drug-likeness (QED) is 0.669. The molecule has 4 nitrogen and oxygen atoms in total. The van der Waals surface area contributed by atoms with Gasteiger partial charge in [0.1, 0.15) is 5.54 Å². The largest absolute Gasteiger partial charge is 0.480 e. The number of fused-ring (bicyclic) bond motifs is 3. The van der Waals surface area contributed by atoms with Crippen LogP contribution in [-0.4, -0.2) is 46.7 Å². The summed E-state index contributed by atoms with van der Waals surface area (Å²) >= 11 is 0. The smallest absolute Gasteiger partial charge is 0.325 e. The Hall–Kier alpha value is -0.610. The third-order valence-corrected chi connectivity index (χ3v) is 3.57. The van der Waals surface area contributed by atoms with Crippen LogP contribution < -0.4 is 5.32 Å². The molecule has 3 aliphatic heterocycles. The number of piperidine rings is 2. The molecule has 3 saturated heterocycles. The highest BCUT2D eigenvalue weighted by molar-refractivity contribution is 5.79. The van der Waals surface area contributed by atoms with E-state index in [2.05, 4.69) is 24.1 Å². The summed E-state index contributed by atoms with van der Waals surface area (Å²) in [5, 5.41) is 12.4. The zero-order valence-electron chi connectivity index (χ0n) is 8.79. The molecule has 0 aromatic heterocycles. The van der Waals surface area contributed by atoms with Crippen LogP contribution in [0.5, 0.6) is 0 Å². The van der Waals surface area contributed by atoms with Gasteiger partial charge >= 0.3 is 5.97 Å². The molecule has 14 heavy (non-hydrogen) atoms. The Balaban J connectivity index is 2.19. The average Bonchev–Trinajstić information content (AvgIpc) is 2.19. The predicted molar refractivity (Wildman–Crippen MR) is 53.2 cm³/mol. The Labute approximate surface area is 84.3 Å². The van der Waals surface area contributed by atoms with Gasteiger partial charge in [-0.25, -0.2) is 0 Å². The van der Waals surface area contributed by atoms with Crippen molar-refractivity contribution in [3.05, 3.63) is 0 Å². The predicted octanol–water partition coefficient (Wildman–Crippen LogP) is 0.286. The van der Waals surface area contributed by atoms with Crippen molar-refractivity contribution in [2.24, 2.45) is 0 Å². The van der Waals surface area contributed by atoms with Crippen LogP contribution >= 0.6 is 0 Å². The molecule has 0 saturated carbocycles. The van der Waals surface area contributed by atoms with Crippen LogP contribution in [0.4, 0.5) is 0 Å². The minimum absolute atomic E-state index is 0.445. The molecule has 2 atom stereocenters. The molecule has 0 amide bonds. The first-order valence-electron chi connectivity index (χ1n) is 5.29. The lowest BCUT2D eigenvalue weighted by molar-refractivity contribution is -0.152. The third-order valence-electron chi connectivity index (χ3n) is 3.57. The molecule has 3 heterocycles. The molecule has 0 spiro atoms. The molecule has 3 fully saturated rings. The highest BCUT2D eigenvalue weighted by Crippen LogP contribution is 2.31. The van der Waals surface area contributed by atoms with Gasteiger partial charge in [0.05, 0.1) is 0 Å². The van der Waals surface area contributed by atoms with Gasteiger partial charge in [-0.05, 0) is 26.7 Å². The number of carbonyl (C=O) groups is 1. The third kappa shape index (κ3) is 1.33. The van der Waals surface area contributed by atoms with Crippen LogP contribution in [0.15, 0.2) is 0 Å². The van der Waals surface area contributed by atoms with Crippen molar-refractivity contribution in [1.82, 2.24) is 10.2 Å². The number of nitrogens with zero attached hydrogens (tertiary/aromatic N) is 1. The molecular formula is C10H18N2O2. The number of rotatable bonds is 2. The van der Waals surface area contributed by atoms with Crippen LogP contribution in [-0.2, 0) is 4.79 Å². The van der Waals surface area contributed by atoms with E-state index < -0.39 is 11.5 Å². The highest BCUT2D eigenvalue weighted by Gasteiger charge is 2.49. The topological polar surface area (TPSA) is 52.6 Å². The normalized spacial score (nSPS) is 37.8. The standard InChI is InChI=1S/C10H18N2O2/c1-7(2)12-6-10(9(13)14)4-3-8(12)5-11-10/h7-8,11H,3-6H2,1-2H3,(H,13,14). The molecule has 0 aromatic rings. The zero-order chi connectivity index (χ0) is 10.3. The summed E-state index contributed by atoms with van der Waals surface area (Å²) in [7, 11) is 0. The fourth-order valence-electron chi connectivity index (χ4n) is 2.63. The summed E-state index contributed by atoms with van der Waals surface area (Å²) < 4.78 is 0. The maximum Gasteiger partial charge on any atom is 0.325 e. The van der Waals surface area contributed by atoms with Gasteiger partial charge in [-0.2, -0.15) is 0 Å². The van der Waals surface area contributed by atoms with E-state index in [-0.39, 0.29) is 0 Å². The van der Waals surface area contributed by atoms with E-state index in [1.165, 1.54) is 0 Å². The van der Waals surface area contributed by atoms with Gasteiger partial charge in [0.15, 0.2) is 0 Å². The Morgan fingerprint density at radius 3 is 2.79 bits per heavy atom. The van der Waals surface area contributed by atoms with Crippen molar-refractivity contribution in [2.75, 3.05) is 13.1 Å². The average molecular weight is 198 g/mol. The van der Waals surface area contributed by atoms with Crippen molar-refractivity contribution in [2.45, 2.75) is 44.3 Å². The first-order chi connectivity index (χ1) is 6.55. The van der Waals surface area contributed by atoms with E-state index in [0.717, 1.165) is 19.4 Å². The van der Waals surface area contributed by atoms with Gasteiger partial charge in [0.25, 0.3) is 0 Å². The van der Waals surface area contributed by atoms with Crippen molar-refractivity contribution in [1.29, 1.82) is 0 Å². The SMILES string of the molecule is CC(C)N1CC2(C(=O)O)CCC1CN2. The fraction of sp³-hybridized carbons (Fsp3) is 0.900. The van der Waals surface area contributed by atoms with E-state index in [1.54, 1.807) is 0 Å². The van der Waals surface area contributed by atoms with Gasteiger partial charge in [0, 0.05) is 25.2 Å². The van der Waals surface area contributed by atoms with Gasteiger partial charge in [0.2, 0.25) is 0 Å².